The topological polar surface area (TPSA) is 107 Å². The molecule has 0 saturated heterocycles. The Hall–Kier alpha value is -2.19. The number of hydrogen-bond donors (Lipinski definition) is 2. The van der Waals surface area contributed by atoms with Crippen molar-refractivity contribution in [2.45, 2.75) is 11.8 Å². The van der Waals surface area contributed by atoms with Gasteiger partial charge in [-0.15, -0.1) is 0 Å². The summed E-state index contributed by atoms with van der Waals surface area (Å²) in [4.78, 5) is 12.0. The average molecular weight is 294 g/mol. The van der Waals surface area contributed by atoms with Crippen LogP contribution in [0.5, 0.6) is 0 Å². The zero-order valence-electron chi connectivity index (χ0n) is 11.0. The fourth-order valence-electron chi connectivity index (χ4n) is 1.65. The third-order valence-corrected chi connectivity index (χ3v) is 3.85. The van der Waals surface area contributed by atoms with E-state index in [0.717, 1.165) is 5.69 Å². The molecule has 106 valence electrons. The van der Waals surface area contributed by atoms with E-state index in [9.17, 15) is 13.2 Å². The second-order valence-electron chi connectivity index (χ2n) is 4.29. The molecule has 0 radical (unpaired) electrons. The van der Waals surface area contributed by atoms with Gasteiger partial charge in [0, 0.05) is 18.4 Å². The van der Waals surface area contributed by atoms with Crippen LogP contribution in [0.3, 0.4) is 0 Å². The van der Waals surface area contributed by atoms with E-state index in [1.54, 1.807) is 18.7 Å². The molecular formula is C12H14N4O3S. The van der Waals surface area contributed by atoms with Crippen LogP contribution in [0.4, 0.5) is 5.69 Å². The third-order valence-electron chi connectivity index (χ3n) is 2.92. The lowest BCUT2D eigenvalue weighted by atomic mass is 10.2. The molecule has 0 unspecified atom stereocenters. The molecule has 7 nitrogen and oxygen atoms in total. The van der Waals surface area contributed by atoms with Crippen LogP contribution in [0, 0.1) is 6.92 Å². The van der Waals surface area contributed by atoms with Gasteiger partial charge in [0.05, 0.1) is 16.7 Å². The highest BCUT2D eigenvalue weighted by atomic mass is 32.2. The normalized spacial score (nSPS) is 11.3. The number of aromatic nitrogens is 2. The van der Waals surface area contributed by atoms with Gasteiger partial charge >= 0.3 is 0 Å². The summed E-state index contributed by atoms with van der Waals surface area (Å²) < 4.78 is 23.8. The summed E-state index contributed by atoms with van der Waals surface area (Å²) in [5, 5.41) is 11.6. The Bertz CT molecular complexity index is 748. The van der Waals surface area contributed by atoms with E-state index in [1.807, 2.05) is 0 Å². The van der Waals surface area contributed by atoms with Crippen LogP contribution >= 0.6 is 0 Å². The highest BCUT2D eigenvalue weighted by molar-refractivity contribution is 7.89. The number of carbonyl (C=O) groups excluding carboxylic acids is 1. The quantitative estimate of drug-likeness (QED) is 0.865. The highest BCUT2D eigenvalue weighted by Crippen LogP contribution is 2.14. The van der Waals surface area contributed by atoms with Crippen molar-refractivity contribution < 1.29 is 13.2 Å². The van der Waals surface area contributed by atoms with Gasteiger partial charge in [-0.05, 0) is 31.2 Å². The molecule has 1 heterocycles. The van der Waals surface area contributed by atoms with Gasteiger partial charge in [0.2, 0.25) is 10.0 Å². The van der Waals surface area contributed by atoms with Gasteiger partial charge in [0.1, 0.15) is 0 Å². The van der Waals surface area contributed by atoms with E-state index in [-0.39, 0.29) is 10.8 Å². The lowest BCUT2D eigenvalue weighted by Gasteiger charge is -2.05. The number of hydrogen-bond acceptors (Lipinski definition) is 4. The number of carbonyl (C=O) groups is 1. The van der Waals surface area contributed by atoms with E-state index in [2.05, 4.69) is 10.4 Å². The second-order valence-corrected chi connectivity index (χ2v) is 5.85. The minimum absolute atomic E-state index is 0.00643. The molecule has 1 amide bonds. The first-order chi connectivity index (χ1) is 9.29. The van der Waals surface area contributed by atoms with Crippen molar-refractivity contribution in [1.29, 1.82) is 0 Å². The van der Waals surface area contributed by atoms with E-state index in [4.69, 9.17) is 5.14 Å². The SMILES string of the molecule is Cc1c(C(=O)Nc2ccc(S(N)(=O)=O)cc2)cnn1C. The Labute approximate surface area is 116 Å². The standard InChI is InChI=1S/C12H14N4O3S/c1-8-11(7-14-16(8)2)12(17)15-9-3-5-10(6-4-9)20(13,18)19/h3-7H,1-2H3,(H,15,17)(H2,13,18,19). The number of nitrogens with zero attached hydrogens (tertiary/aromatic N) is 2. The van der Waals surface area contributed by atoms with E-state index in [1.165, 1.54) is 30.5 Å². The molecule has 0 aliphatic rings. The van der Waals surface area contributed by atoms with E-state index in [0.29, 0.717) is 11.3 Å². The lowest BCUT2D eigenvalue weighted by molar-refractivity contribution is 0.102. The van der Waals surface area contributed by atoms with Gasteiger partial charge in [-0.25, -0.2) is 13.6 Å². The maximum absolute atomic E-state index is 12.0. The molecule has 1 aromatic heterocycles. The van der Waals surface area contributed by atoms with Crippen molar-refractivity contribution in [2.75, 3.05) is 5.32 Å². The van der Waals surface area contributed by atoms with Crippen molar-refractivity contribution in [3.8, 4) is 0 Å². The predicted octanol–water partition coefficient (Wildman–Crippen LogP) is 0.628. The monoisotopic (exact) mass is 294 g/mol. The van der Waals surface area contributed by atoms with Crippen molar-refractivity contribution in [3.05, 3.63) is 41.7 Å². The van der Waals surface area contributed by atoms with E-state index >= 15 is 0 Å². The summed E-state index contributed by atoms with van der Waals surface area (Å²) in [6.45, 7) is 1.78. The molecule has 0 saturated carbocycles. The first kappa shape index (κ1) is 14.2. The Morgan fingerprint density at radius 3 is 2.35 bits per heavy atom. The van der Waals surface area contributed by atoms with Gasteiger partial charge < -0.3 is 5.32 Å². The highest BCUT2D eigenvalue weighted by Gasteiger charge is 2.13. The molecular weight excluding hydrogens is 280 g/mol. The summed E-state index contributed by atoms with van der Waals surface area (Å²) >= 11 is 0. The van der Waals surface area contributed by atoms with E-state index < -0.39 is 10.0 Å². The molecule has 0 aliphatic carbocycles. The summed E-state index contributed by atoms with van der Waals surface area (Å²) in [6.07, 6.45) is 1.48. The number of aryl methyl sites for hydroxylation is 1. The summed E-state index contributed by atoms with van der Waals surface area (Å²) in [5.41, 5.74) is 1.68. The largest absolute Gasteiger partial charge is 0.322 e. The van der Waals surface area contributed by atoms with Crippen molar-refractivity contribution >= 4 is 21.6 Å². The van der Waals surface area contributed by atoms with Crippen LogP contribution in [0.15, 0.2) is 35.4 Å². The average Bonchev–Trinajstić information content (AvgIpc) is 2.69. The Morgan fingerprint density at radius 2 is 1.90 bits per heavy atom. The summed E-state index contributed by atoms with van der Waals surface area (Å²) in [5.74, 6) is -0.307. The summed E-state index contributed by atoms with van der Waals surface area (Å²) in [7, 11) is -1.99. The minimum Gasteiger partial charge on any atom is -0.322 e. The molecule has 2 aromatic rings. The Balaban J connectivity index is 2.19. The maximum atomic E-state index is 12.0. The smallest absolute Gasteiger partial charge is 0.259 e. The van der Waals surface area contributed by atoms with Crippen LogP contribution in [0.1, 0.15) is 16.1 Å². The number of rotatable bonds is 3. The third kappa shape index (κ3) is 2.86. The van der Waals surface area contributed by atoms with Crippen molar-refractivity contribution in [1.82, 2.24) is 9.78 Å². The summed E-state index contributed by atoms with van der Waals surface area (Å²) in [6, 6.07) is 5.62. The molecule has 0 atom stereocenters. The fourth-order valence-corrected chi connectivity index (χ4v) is 2.16. The number of nitrogens with two attached hydrogens (primary N) is 1. The van der Waals surface area contributed by atoms with Crippen molar-refractivity contribution in [2.24, 2.45) is 12.2 Å². The molecule has 0 aliphatic heterocycles. The lowest BCUT2D eigenvalue weighted by Crippen LogP contribution is -2.14. The van der Waals surface area contributed by atoms with Crippen LogP contribution < -0.4 is 10.5 Å². The number of amides is 1. The first-order valence-electron chi connectivity index (χ1n) is 5.72. The number of primary sulfonamides is 1. The molecule has 0 bridgehead atoms. The van der Waals surface area contributed by atoms with Crippen LogP contribution in [-0.4, -0.2) is 24.1 Å². The Kier molecular flexibility index (Phi) is 3.60. The van der Waals surface area contributed by atoms with Gasteiger partial charge in [0.25, 0.3) is 5.91 Å². The fraction of sp³-hybridized carbons (Fsp3) is 0.167. The zero-order valence-corrected chi connectivity index (χ0v) is 11.8. The molecule has 0 spiro atoms. The van der Waals surface area contributed by atoms with Gasteiger partial charge in [0.15, 0.2) is 0 Å². The molecule has 3 N–H and O–H groups in total. The molecule has 2 rings (SSSR count). The number of nitrogens with one attached hydrogen (secondary N) is 1. The van der Waals surface area contributed by atoms with Crippen molar-refractivity contribution in [3.63, 3.8) is 0 Å². The number of sulfonamides is 1. The van der Waals surface area contributed by atoms with Crippen LogP contribution in [0.2, 0.25) is 0 Å². The van der Waals surface area contributed by atoms with Crippen LogP contribution in [-0.2, 0) is 17.1 Å². The second kappa shape index (κ2) is 5.06. The zero-order chi connectivity index (χ0) is 14.9. The number of benzene rings is 1. The molecule has 20 heavy (non-hydrogen) atoms. The predicted molar refractivity (Wildman–Crippen MR) is 73.7 cm³/mol. The van der Waals surface area contributed by atoms with Gasteiger partial charge in [-0.1, -0.05) is 0 Å². The maximum Gasteiger partial charge on any atom is 0.259 e. The van der Waals surface area contributed by atoms with Gasteiger partial charge in [-0.2, -0.15) is 5.10 Å². The first-order valence-corrected chi connectivity index (χ1v) is 7.26. The van der Waals surface area contributed by atoms with Gasteiger partial charge in [-0.3, -0.25) is 9.48 Å². The minimum atomic E-state index is -3.73. The number of anilines is 1. The Morgan fingerprint density at radius 1 is 1.30 bits per heavy atom. The molecule has 1 aromatic carbocycles. The molecule has 8 heteroatoms. The van der Waals surface area contributed by atoms with Crippen LogP contribution in [0.25, 0.3) is 0 Å². The molecule has 0 fully saturated rings.